The Balaban J connectivity index is 1.81. The highest BCUT2D eigenvalue weighted by molar-refractivity contribution is 7.91. The largest absolute Gasteiger partial charge is 0.355 e. The van der Waals surface area contributed by atoms with E-state index in [0.29, 0.717) is 17.7 Å². The maximum absolute atomic E-state index is 12.6. The summed E-state index contributed by atoms with van der Waals surface area (Å²) in [6.45, 7) is 4.07. The van der Waals surface area contributed by atoms with Gasteiger partial charge in [-0.3, -0.25) is 4.79 Å². The van der Waals surface area contributed by atoms with Crippen LogP contribution in [-0.4, -0.2) is 31.9 Å². The number of carbonyl (C=O) groups is 1. The molecule has 132 valence electrons. The van der Waals surface area contributed by atoms with Crippen LogP contribution in [0, 0.1) is 13.8 Å². The van der Waals surface area contributed by atoms with Crippen LogP contribution in [0.2, 0.25) is 0 Å². The lowest BCUT2D eigenvalue weighted by Gasteiger charge is -2.16. The van der Waals surface area contributed by atoms with E-state index in [0.717, 1.165) is 11.3 Å². The monoisotopic (exact) mass is 358 g/mol. The van der Waals surface area contributed by atoms with E-state index in [1.54, 1.807) is 12.1 Å². The zero-order valence-corrected chi connectivity index (χ0v) is 15.2. The smallest absolute Gasteiger partial charge is 0.253 e. The normalized spacial score (nSPS) is 18.7. The van der Waals surface area contributed by atoms with Crippen molar-refractivity contribution in [3.8, 4) is 0 Å². The highest BCUT2D eigenvalue weighted by Crippen LogP contribution is 2.25. The van der Waals surface area contributed by atoms with Crippen LogP contribution in [-0.2, 0) is 9.84 Å². The van der Waals surface area contributed by atoms with Gasteiger partial charge in [-0.2, -0.15) is 0 Å². The van der Waals surface area contributed by atoms with Crippen molar-refractivity contribution in [2.75, 3.05) is 16.8 Å². The molecule has 1 heterocycles. The quantitative estimate of drug-likeness (QED) is 0.881. The molecular weight excluding hydrogens is 336 g/mol. The van der Waals surface area contributed by atoms with Crippen molar-refractivity contribution in [1.82, 2.24) is 5.32 Å². The number of aryl methyl sites for hydroxylation is 1. The highest BCUT2D eigenvalue weighted by Gasteiger charge is 2.29. The number of anilines is 2. The van der Waals surface area contributed by atoms with Crippen LogP contribution in [0.3, 0.4) is 0 Å². The first-order chi connectivity index (χ1) is 11.9. The van der Waals surface area contributed by atoms with E-state index in [1.165, 1.54) is 5.56 Å². The molecule has 0 radical (unpaired) electrons. The summed E-state index contributed by atoms with van der Waals surface area (Å²) in [6, 6.07) is 12.9. The van der Waals surface area contributed by atoms with Gasteiger partial charge in [-0.05, 0) is 49.6 Å². The lowest BCUT2D eigenvalue weighted by Crippen LogP contribution is -2.35. The molecule has 25 heavy (non-hydrogen) atoms. The minimum Gasteiger partial charge on any atom is -0.355 e. The summed E-state index contributed by atoms with van der Waals surface area (Å²) in [6.07, 6.45) is 0.473. The summed E-state index contributed by atoms with van der Waals surface area (Å²) in [5.41, 5.74) is 4.45. The third-order valence-corrected chi connectivity index (χ3v) is 6.38. The number of benzene rings is 2. The summed E-state index contributed by atoms with van der Waals surface area (Å²) in [5.74, 6) is -0.0958. The SMILES string of the molecule is Cc1cccc(Nc2ccccc2C(=O)N[C@@H]2CCS(=O)(=O)C2)c1C. The van der Waals surface area contributed by atoms with Gasteiger partial charge in [-0.1, -0.05) is 24.3 Å². The molecule has 6 heteroatoms. The second-order valence-electron chi connectivity index (χ2n) is 6.49. The van der Waals surface area contributed by atoms with Crippen molar-refractivity contribution < 1.29 is 13.2 Å². The van der Waals surface area contributed by atoms with Crippen LogP contribution >= 0.6 is 0 Å². The van der Waals surface area contributed by atoms with Crippen molar-refractivity contribution >= 4 is 27.1 Å². The minimum absolute atomic E-state index is 0.0192. The average molecular weight is 358 g/mol. The zero-order valence-electron chi connectivity index (χ0n) is 14.4. The minimum atomic E-state index is -3.02. The number of sulfone groups is 1. The lowest BCUT2D eigenvalue weighted by molar-refractivity contribution is 0.0942. The van der Waals surface area contributed by atoms with E-state index in [9.17, 15) is 13.2 Å². The number of carbonyl (C=O) groups excluding carboxylic acids is 1. The average Bonchev–Trinajstić information content (AvgIpc) is 2.91. The molecule has 2 aromatic carbocycles. The molecule has 1 aliphatic heterocycles. The number of rotatable bonds is 4. The van der Waals surface area contributed by atoms with Crippen LogP contribution in [0.25, 0.3) is 0 Å². The number of hydrogen-bond donors (Lipinski definition) is 2. The van der Waals surface area contributed by atoms with Crippen molar-refractivity contribution in [3.05, 3.63) is 59.2 Å². The molecule has 5 nitrogen and oxygen atoms in total. The summed E-state index contributed by atoms with van der Waals surface area (Å²) in [5, 5.41) is 6.17. The van der Waals surface area contributed by atoms with E-state index in [2.05, 4.69) is 10.6 Å². The molecule has 2 aromatic rings. The Bertz CT molecular complexity index is 907. The molecule has 1 atom stereocenters. The highest BCUT2D eigenvalue weighted by atomic mass is 32.2. The Labute approximate surface area is 148 Å². The Morgan fingerprint density at radius 1 is 1.04 bits per heavy atom. The van der Waals surface area contributed by atoms with Crippen LogP contribution in [0.15, 0.2) is 42.5 Å². The van der Waals surface area contributed by atoms with Gasteiger partial charge in [0.25, 0.3) is 5.91 Å². The molecule has 1 fully saturated rings. The molecule has 0 bridgehead atoms. The molecule has 0 unspecified atom stereocenters. The Kier molecular flexibility index (Phi) is 4.81. The number of nitrogens with one attached hydrogen (secondary N) is 2. The van der Waals surface area contributed by atoms with E-state index < -0.39 is 9.84 Å². The molecular formula is C19H22N2O3S. The van der Waals surface area contributed by atoms with E-state index in [-0.39, 0.29) is 23.5 Å². The maximum atomic E-state index is 12.6. The molecule has 0 aromatic heterocycles. The van der Waals surface area contributed by atoms with Crippen LogP contribution in [0.1, 0.15) is 27.9 Å². The van der Waals surface area contributed by atoms with Crippen LogP contribution in [0.4, 0.5) is 11.4 Å². The van der Waals surface area contributed by atoms with Crippen molar-refractivity contribution in [2.24, 2.45) is 0 Å². The van der Waals surface area contributed by atoms with Gasteiger partial charge in [0.15, 0.2) is 9.84 Å². The fourth-order valence-electron chi connectivity index (χ4n) is 2.99. The third kappa shape index (κ3) is 4.02. The third-order valence-electron chi connectivity index (χ3n) is 4.61. The van der Waals surface area contributed by atoms with Gasteiger partial charge in [-0.15, -0.1) is 0 Å². The number of amides is 1. The molecule has 3 rings (SSSR count). The van der Waals surface area contributed by atoms with Crippen molar-refractivity contribution in [2.45, 2.75) is 26.3 Å². The Hall–Kier alpha value is -2.34. The summed E-state index contributed by atoms with van der Waals surface area (Å²) in [4.78, 5) is 12.6. The molecule has 0 aliphatic carbocycles. The molecule has 1 amide bonds. The first-order valence-electron chi connectivity index (χ1n) is 8.29. The first kappa shape index (κ1) is 17.5. The second kappa shape index (κ2) is 6.88. The summed E-state index contributed by atoms with van der Waals surface area (Å²) in [7, 11) is -3.02. The van der Waals surface area contributed by atoms with Gasteiger partial charge >= 0.3 is 0 Å². The molecule has 2 N–H and O–H groups in total. The van der Waals surface area contributed by atoms with Gasteiger partial charge < -0.3 is 10.6 Å². The van der Waals surface area contributed by atoms with Crippen molar-refractivity contribution in [3.63, 3.8) is 0 Å². The molecule has 0 saturated carbocycles. The predicted molar refractivity (Wildman–Crippen MR) is 100 cm³/mol. The van der Waals surface area contributed by atoms with Gasteiger partial charge in [0.1, 0.15) is 0 Å². The van der Waals surface area contributed by atoms with Gasteiger partial charge in [0.2, 0.25) is 0 Å². The van der Waals surface area contributed by atoms with Gasteiger partial charge in [0.05, 0.1) is 22.8 Å². The second-order valence-corrected chi connectivity index (χ2v) is 8.72. The maximum Gasteiger partial charge on any atom is 0.253 e. The number of hydrogen-bond acceptors (Lipinski definition) is 4. The standard InChI is InChI=1S/C19H22N2O3S/c1-13-6-5-9-17(14(13)2)21-18-8-4-3-7-16(18)19(22)20-15-10-11-25(23,24)12-15/h3-9,15,21H,10-12H2,1-2H3,(H,20,22)/t15-/m1/s1. The number of para-hydroxylation sites is 1. The summed E-state index contributed by atoms with van der Waals surface area (Å²) >= 11 is 0. The van der Waals surface area contributed by atoms with Gasteiger partial charge in [0, 0.05) is 11.7 Å². The van der Waals surface area contributed by atoms with E-state index in [1.807, 2.05) is 44.2 Å². The first-order valence-corrected chi connectivity index (χ1v) is 10.1. The topological polar surface area (TPSA) is 75.3 Å². The summed E-state index contributed by atoms with van der Waals surface area (Å²) < 4.78 is 23.1. The lowest BCUT2D eigenvalue weighted by atomic mass is 10.1. The fraction of sp³-hybridized carbons (Fsp3) is 0.316. The molecule has 0 spiro atoms. The van der Waals surface area contributed by atoms with E-state index >= 15 is 0 Å². The predicted octanol–water partition coefficient (Wildman–Crippen LogP) is 2.96. The van der Waals surface area contributed by atoms with Crippen molar-refractivity contribution in [1.29, 1.82) is 0 Å². The molecule has 1 aliphatic rings. The van der Waals surface area contributed by atoms with Crippen LogP contribution in [0.5, 0.6) is 0 Å². The fourth-order valence-corrected chi connectivity index (χ4v) is 4.67. The van der Waals surface area contributed by atoms with Gasteiger partial charge in [-0.25, -0.2) is 8.42 Å². The Morgan fingerprint density at radius 2 is 1.76 bits per heavy atom. The van der Waals surface area contributed by atoms with E-state index in [4.69, 9.17) is 0 Å². The zero-order chi connectivity index (χ0) is 18.0. The van der Waals surface area contributed by atoms with Crippen LogP contribution < -0.4 is 10.6 Å². The Morgan fingerprint density at radius 3 is 2.48 bits per heavy atom. The molecule has 1 saturated heterocycles.